The van der Waals surface area contributed by atoms with Crippen molar-refractivity contribution >= 4 is 47.6 Å². The van der Waals surface area contributed by atoms with Crippen LogP contribution in [0.3, 0.4) is 0 Å². The minimum atomic E-state index is -0.132. The molecule has 1 fully saturated rings. The summed E-state index contributed by atoms with van der Waals surface area (Å²) >= 11 is 1.71. The zero-order valence-electron chi connectivity index (χ0n) is 16.6. The van der Waals surface area contributed by atoms with Crippen molar-refractivity contribution in [3.05, 3.63) is 54.1 Å². The molecule has 0 aliphatic carbocycles. The van der Waals surface area contributed by atoms with Gasteiger partial charge in [-0.1, -0.05) is 18.2 Å². The normalized spacial score (nSPS) is 14.5. The van der Waals surface area contributed by atoms with Crippen LogP contribution in [0.25, 0.3) is 0 Å². The van der Waals surface area contributed by atoms with Crippen LogP contribution < -0.4 is 10.2 Å². The fourth-order valence-electron chi connectivity index (χ4n) is 3.01. The average Bonchev–Trinajstić information content (AvgIpc) is 2.75. The molecule has 1 aliphatic rings. The highest BCUT2D eigenvalue weighted by atomic mass is 127. The Hall–Kier alpha value is -1.62. The van der Waals surface area contributed by atoms with Crippen molar-refractivity contribution in [2.45, 2.75) is 12.7 Å². The molecule has 0 amide bonds. The van der Waals surface area contributed by atoms with Crippen LogP contribution in [0.5, 0.6) is 0 Å². The molecular formula is C20H28FIN6S. The van der Waals surface area contributed by atoms with Gasteiger partial charge in [0.25, 0.3) is 0 Å². The largest absolute Gasteiger partial charge is 0.357 e. The number of aliphatic imine (C=N–C) groups is 1. The van der Waals surface area contributed by atoms with Crippen LogP contribution in [0.1, 0.15) is 12.5 Å². The number of anilines is 1. The highest BCUT2D eigenvalue weighted by Gasteiger charge is 2.20. The number of nitrogens with one attached hydrogen (secondary N) is 1. The van der Waals surface area contributed by atoms with E-state index in [0.29, 0.717) is 12.3 Å². The third-order valence-corrected chi connectivity index (χ3v) is 5.45. The molecule has 1 aromatic heterocycles. The Bertz CT molecular complexity index is 756. The van der Waals surface area contributed by atoms with E-state index in [2.05, 4.69) is 32.0 Å². The second-order valence-corrected chi connectivity index (χ2v) is 7.51. The van der Waals surface area contributed by atoms with Gasteiger partial charge in [-0.05, 0) is 24.6 Å². The lowest BCUT2D eigenvalue weighted by Crippen LogP contribution is -2.53. The summed E-state index contributed by atoms with van der Waals surface area (Å²) in [6.45, 7) is 7.13. The molecule has 0 saturated carbocycles. The third kappa shape index (κ3) is 7.29. The molecule has 0 radical (unpaired) electrons. The molecule has 29 heavy (non-hydrogen) atoms. The molecule has 1 saturated heterocycles. The molecule has 2 aromatic rings. The van der Waals surface area contributed by atoms with Gasteiger partial charge in [-0.3, -0.25) is 4.99 Å². The van der Waals surface area contributed by atoms with Gasteiger partial charge >= 0.3 is 0 Å². The summed E-state index contributed by atoms with van der Waals surface area (Å²) in [6, 6.07) is 8.78. The first-order valence-corrected chi connectivity index (χ1v) is 10.8. The number of hydrogen-bond donors (Lipinski definition) is 1. The molecule has 158 valence electrons. The maximum atomic E-state index is 13.7. The van der Waals surface area contributed by atoms with Gasteiger partial charge in [-0.2, -0.15) is 11.8 Å². The topological polar surface area (TPSA) is 56.7 Å². The number of halogens is 2. The van der Waals surface area contributed by atoms with E-state index in [9.17, 15) is 4.39 Å². The first kappa shape index (κ1) is 23.7. The molecule has 3 rings (SSSR count). The maximum absolute atomic E-state index is 13.7. The van der Waals surface area contributed by atoms with E-state index < -0.39 is 0 Å². The van der Waals surface area contributed by atoms with Gasteiger partial charge < -0.3 is 15.1 Å². The lowest BCUT2D eigenvalue weighted by Gasteiger charge is -2.36. The Morgan fingerprint density at radius 1 is 1.14 bits per heavy atom. The molecular weight excluding hydrogens is 502 g/mol. The summed E-state index contributed by atoms with van der Waals surface area (Å²) in [6.07, 6.45) is 3.55. The average molecular weight is 530 g/mol. The van der Waals surface area contributed by atoms with Crippen LogP contribution >= 0.6 is 35.7 Å². The number of guanidine groups is 1. The van der Waals surface area contributed by atoms with E-state index >= 15 is 0 Å². The predicted molar refractivity (Wildman–Crippen MR) is 130 cm³/mol. The smallest absolute Gasteiger partial charge is 0.225 e. The number of benzene rings is 1. The molecule has 0 spiro atoms. The SMILES string of the molecule is CCNC(=NCCSCc1ccccc1F)N1CCN(c2ncccn2)CC1.I. The third-order valence-electron chi connectivity index (χ3n) is 4.46. The van der Waals surface area contributed by atoms with Crippen LogP contribution in [0.2, 0.25) is 0 Å². The Kier molecular flexibility index (Phi) is 10.5. The van der Waals surface area contributed by atoms with Crippen molar-refractivity contribution in [3.63, 3.8) is 0 Å². The molecule has 0 bridgehead atoms. The number of thioether (sulfide) groups is 1. The Morgan fingerprint density at radius 3 is 2.55 bits per heavy atom. The number of aromatic nitrogens is 2. The van der Waals surface area contributed by atoms with Gasteiger partial charge in [-0.15, -0.1) is 24.0 Å². The quantitative estimate of drug-likeness (QED) is 0.257. The standard InChI is InChI=1S/C20H27FN6S.HI/c1-2-22-19(25-10-15-28-16-17-6-3-4-7-18(17)21)26-11-13-27(14-12-26)20-23-8-5-9-24-20;/h3-9H,2,10-16H2,1H3,(H,22,25);1H. The monoisotopic (exact) mass is 530 g/mol. The van der Waals surface area contributed by atoms with Crippen LogP contribution in [0.15, 0.2) is 47.7 Å². The summed E-state index contributed by atoms with van der Waals surface area (Å²) in [5.41, 5.74) is 0.752. The number of piperazine rings is 1. The lowest BCUT2D eigenvalue weighted by atomic mass is 10.2. The van der Waals surface area contributed by atoms with Crippen LogP contribution in [0, 0.1) is 5.82 Å². The highest BCUT2D eigenvalue weighted by Crippen LogP contribution is 2.15. The molecule has 6 nitrogen and oxygen atoms in total. The molecule has 0 unspecified atom stereocenters. The van der Waals surface area contributed by atoms with Crippen molar-refractivity contribution in [2.24, 2.45) is 4.99 Å². The summed E-state index contributed by atoms with van der Waals surface area (Å²) in [5, 5.41) is 3.38. The zero-order valence-corrected chi connectivity index (χ0v) is 19.8. The van der Waals surface area contributed by atoms with Crippen LogP contribution in [-0.4, -0.2) is 65.8 Å². The summed E-state index contributed by atoms with van der Waals surface area (Å²) < 4.78 is 13.7. The number of nitrogens with zero attached hydrogens (tertiary/aromatic N) is 5. The Labute approximate surface area is 193 Å². The van der Waals surface area contributed by atoms with Gasteiger partial charge in [0.2, 0.25) is 5.95 Å². The summed E-state index contributed by atoms with van der Waals surface area (Å²) in [7, 11) is 0. The second-order valence-electron chi connectivity index (χ2n) is 6.40. The highest BCUT2D eigenvalue weighted by molar-refractivity contribution is 14.0. The minimum absolute atomic E-state index is 0. The van der Waals surface area contributed by atoms with E-state index in [0.717, 1.165) is 55.9 Å². The molecule has 2 heterocycles. The number of hydrogen-bond acceptors (Lipinski definition) is 5. The molecule has 1 N–H and O–H groups in total. The van der Waals surface area contributed by atoms with Crippen molar-refractivity contribution in [3.8, 4) is 0 Å². The van der Waals surface area contributed by atoms with Crippen LogP contribution in [-0.2, 0) is 5.75 Å². The van der Waals surface area contributed by atoms with E-state index in [4.69, 9.17) is 4.99 Å². The van der Waals surface area contributed by atoms with Crippen molar-refractivity contribution in [1.29, 1.82) is 0 Å². The molecule has 9 heteroatoms. The van der Waals surface area contributed by atoms with Gasteiger partial charge in [0.15, 0.2) is 5.96 Å². The Morgan fingerprint density at radius 2 is 1.86 bits per heavy atom. The first-order valence-electron chi connectivity index (χ1n) is 9.64. The van der Waals surface area contributed by atoms with Crippen molar-refractivity contribution < 1.29 is 4.39 Å². The fraction of sp³-hybridized carbons (Fsp3) is 0.450. The fourth-order valence-corrected chi connectivity index (χ4v) is 3.83. The summed E-state index contributed by atoms with van der Waals surface area (Å²) in [4.78, 5) is 17.9. The molecule has 1 aliphatic heterocycles. The van der Waals surface area contributed by atoms with E-state index in [1.54, 1.807) is 30.2 Å². The first-order chi connectivity index (χ1) is 13.8. The number of rotatable bonds is 7. The molecule has 0 atom stereocenters. The maximum Gasteiger partial charge on any atom is 0.225 e. The zero-order chi connectivity index (χ0) is 19.6. The lowest BCUT2D eigenvalue weighted by molar-refractivity contribution is 0.370. The van der Waals surface area contributed by atoms with Crippen LogP contribution in [0.4, 0.5) is 10.3 Å². The van der Waals surface area contributed by atoms with Gasteiger partial charge in [0.05, 0.1) is 6.54 Å². The minimum Gasteiger partial charge on any atom is -0.357 e. The molecule has 1 aromatic carbocycles. The van der Waals surface area contributed by atoms with E-state index in [1.807, 2.05) is 18.2 Å². The Balaban J connectivity index is 0.00000300. The predicted octanol–water partition coefficient (Wildman–Crippen LogP) is 3.25. The van der Waals surface area contributed by atoms with Gasteiger partial charge in [0, 0.05) is 56.6 Å². The van der Waals surface area contributed by atoms with Gasteiger partial charge in [-0.25, -0.2) is 14.4 Å². The van der Waals surface area contributed by atoms with E-state index in [-0.39, 0.29) is 29.8 Å². The van der Waals surface area contributed by atoms with Crippen molar-refractivity contribution in [1.82, 2.24) is 20.2 Å². The second kappa shape index (κ2) is 12.8. The summed E-state index contributed by atoms with van der Waals surface area (Å²) in [5.74, 6) is 3.14. The van der Waals surface area contributed by atoms with Gasteiger partial charge in [0.1, 0.15) is 5.82 Å². The van der Waals surface area contributed by atoms with E-state index in [1.165, 1.54) is 6.07 Å². The van der Waals surface area contributed by atoms with Crippen molar-refractivity contribution in [2.75, 3.05) is 49.9 Å².